The molecule has 4 aliphatic rings. The Morgan fingerprint density at radius 1 is 0.795 bits per heavy atom. The van der Waals surface area contributed by atoms with Crippen LogP contribution in [0.15, 0.2) is 120 Å². The minimum Gasteiger partial charge on any atom is -0.459 e. The number of allylic oxidation sites excluding steroid dienone is 1. The Morgan fingerprint density at radius 2 is 1.45 bits per heavy atom. The van der Waals surface area contributed by atoms with Crippen molar-refractivity contribution in [1.29, 1.82) is 0 Å². The normalized spacial score (nSPS) is 20.6. The molecule has 0 bridgehead atoms. The van der Waals surface area contributed by atoms with Crippen LogP contribution in [0, 0.1) is 38.0 Å². The van der Waals surface area contributed by atoms with Crippen LogP contribution in [0.1, 0.15) is 144 Å². The Kier molecular flexibility index (Phi) is 22.7. The number of aliphatic hydroxyl groups excluding tert-OH is 2. The molecular formula is C64H79N5O14. The molecule has 2 aliphatic carbocycles. The number of benzene rings is 4. The van der Waals surface area contributed by atoms with Crippen molar-refractivity contribution in [3.63, 3.8) is 0 Å². The van der Waals surface area contributed by atoms with Crippen molar-refractivity contribution in [2.24, 2.45) is 22.9 Å². The average molecular weight is 1140 g/mol. The van der Waals surface area contributed by atoms with Crippen molar-refractivity contribution in [3.8, 4) is 23.0 Å². The number of oxime groups is 1. The van der Waals surface area contributed by atoms with Gasteiger partial charge in [0.2, 0.25) is 18.5 Å². The van der Waals surface area contributed by atoms with E-state index in [0.717, 1.165) is 30.4 Å². The van der Waals surface area contributed by atoms with Crippen molar-refractivity contribution in [3.05, 3.63) is 158 Å². The van der Waals surface area contributed by atoms with Gasteiger partial charge in [-0.3, -0.25) is 25.0 Å². The molecule has 4 aromatic rings. The van der Waals surface area contributed by atoms with Crippen molar-refractivity contribution < 1.29 is 58.2 Å². The highest BCUT2D eigenvalue weighted by molar-refractivity contribution is 6.03. The number of hydrogen-bond donors (Lipinski definition) is 3. The third-order valence-corrected chi connectivity index (χ3v) is 16.2. The Hall–Kier alpha value is -7.61. The highest BCUT2D eigenvalue weighted by atomic mass is 16.7. The van der Waals surface area contributed by atoms with E-state index in [2.05, 4.69) is 24.9 Å². The maximum atomic E-state index is 15.5. The van der Waals surface area contributed by atoms with Gasteiger partial charge < -0.3 is 49.0 Å². The topological polar surface area (TPSA) is 244 Å². The molecule has 3 N–H and O–H groups in total. The number of hydrogen-bond acceptors (Lipinski definition) is 15. The maximum absolute atomic E-state index is 15.5. The lowest BCUT2D eigenvalue weighted by Crippen LogP contribution is -2.70. The Bertz CT molecular complexity index is 2930. The number of nitrogens with zero attached hydrogens (tertiary/aromatic N) is 4. The van der Waals surface area contributed by atoms with Crippen LogP contribution in [0.4, 0.5) is 16.2 Å². The summed E-state index contributed by atoms with van der Waals surface area (Å²) in [6.07, 6.45) is 21.8. The van der Waals surface area contributed by atoms with E-state index in [4.69, 9.17) is 33.7 Å². The zero-order chi connectivity index (χ0) is 58.6. The minimum absolute atomic E-state index is 0.00173. The Balaban J connectivity index is 1.23. The number of nitrogens with one attached hydrogen (secondary N) is 1. The summed E-state index contributed by atoms with van der Waals surface area (Å²) in [5.41, 5.74) is 3.69. The first kappa shape index (κ1) is 61.5. The first-order valence-electron chi connectivity index (χ1n) is 29.5. The van der Waals surface area contributed by atoms with E-state index in [0.29, 0.717) is 90.5 Å². The fraction of sp³-hybridized carbons (Fsp3) is 0.484. The second-order valence-corrected chi connectivity index (χ2v) is 21.8. The van der Waals surface area contributed by atoms with Gasteiger partial charge in [-0.15, -0.1) is 6.58 Å². The van der Waals surface area contributed by atoms with E-state index < -0.39 is 45.5 Å². The number of nitro benzene ring substituents is 2. The van der Waals surface area contributed by atoms with E-state index in [1.54, 1.807) is 59.5 Å². The summed E-state index contributed by atoms with van der Waals surface area (Å²) in [5, 5.41) is 51.3. The monoisotopic (exact) mass is 1140 g/mol. The first-order chi connectivity index (χ1) is 40.5. The van der Waals surface area contributed by atoms with Crippen LogP contribution in [0.25, 0.3) is 6.08 Å². The van der Waals surface area contributed by atoms with Crippen molar-refractivity contribution in [1.82, 2.24) is 10.2 Å². The summed E-state index contributed by atoms with van der Waals surface area (Å²) < 4.78 is 32.2. The van der Waals surface area contributed by atoms with Crippen molar-refractivity contribution in [2.45, 2.75) is 147 Å². The largest absolute Gasteiger partial charge is 0.459 e. The van der Waals surface area contributed by atoms with Gasteiger partial charge in [-0.05, 0) is 127 Å². The standard InChI is InChI=1S/C64H79N5O14/c1-3-5-6-7-8-9-10-11-12-15-34-65-63(73)82-51-30-32-56-54(40-51)61-52(19-14-17-36-71)48(18-13-16-35-70)39-53-55(66-81-43-46-22-28-50(29-23-46)69(76)77)41-59(64(83-56,62(53)61)80-37-4-2)67(42-47-24-31-57-58(38-47)79-44-78-57)60(72)33-25-45-20-26-49(27-21-45)68(74)75/h4,20-33,38-40,48,52,59,61-62,70-71H,2-3,5-19,34-37,41-44H2,1H3,(H,65,73)/t48-,52+,59-,61+,62+,64+/m0/s1. The van der Waals surface area contributed by atoms with E-state index in [-0.39, 0.29) is 69.4 Å². The van der Waals surface area contributed by atoms with E-state index in [1.807, 2.05) is 18.2 Å². The van der Waals surface area contributed by atoms with Crippen LogP contribution in [0.3, 0.4) is 0 Å². The zero-order valence-electron chi connectivity index (χ0n) is 47.5. The second kappa shape index (κ2) is 30.6. The highest BCUT2D eigenvalue weighted by Crippen LogP contribution is 2.62. The fourth-order valence-electron chi connectivity index (χ4n) is 12.1. The number of non-ortho nitro benzene ring substituents is 2. The number of unbranched alkanes of at least 4 members (excludes halogenated alkanes) is 11. The van der Waals surface area contributed by atoms with E-state index in [9.17, 15) is 35.2 Å². The number of nitro groups is 2. The predicted octanol–water partition coefficient (Wildman–Crippen LogP) is 12.8. The third kappa shape index (κ3) is 15.9. The van der Waals surface area contributed by atoms with Crippen LogP contribution in [-0.2, 0) is 27.5 Å². The molecular weight excluding hydrogens is 1060 g/mol. The van der Waals surface area contributed by atoms with E-state index >= 15 is 4.79 Å². The van der Waals surface area contributed by atoms with Crippen LogP contribution in [0.5, 0.6) is 23.0 Å². The lowest BCUT2D eigenvalue weighted by molar-refractivity contribution is -0.385. The molecule has 19 heteroatoms. The first-order valence-corrected chi connectivity index (χ1v) is 29.5. The number of fused-ring (bicyclic) bond motifs is 3. The van der Waals surface area contributed by atoms with Gasteiger partial charge in [-0.2, -0.15) is 0 Å². The number of aliphatic hydroxyl groups is 2. The minimum atomic E-state index is -1.68. The number of amides is 2. The van der Waals surface area contributed by atoms with Crippen LogP contribution >= 0.6 is 0 Å². The molecule has 8 rings (SSSR count). The van der Waals surface area contributed by atoms with Gasteiger partial charge >= 0.3 is 6.09 Å². The molecule has 0 unspecified atom stereocenters. The predicted molar refractivity (Wildman–Crippen MR) is 314 cm³/mol. The van der Waals surface area contributed by atoms with Crippen LogP contribution in [-0.4, -0.2) is 87.7 Å². The molecule has 4 aromatic carbocycles. The van der Waals surface area contributed by atoms with Gasteiger partial charge in [0.25, 0.3) is 11.4 Å². The molecule has 0 saturated heterocycles. The Labute approximate surface area is 485 Å². The zero-order valence-corrected chi connectivity index (χ0v) is 47.5. The summed E-state index contributed by atoms with van der Waals surface area (Å²) in [7, 11) is 0. The SMILES string of the molecule is C=CCO[C@@]12Oc3ccc(OC(=O)NCCCCCCCCCCCC)cc3[C@H]3[C@H](CCCCO)[C@@H](CCCCO)C=C(C(=NOCc4ccc([N+](=O)[O-])cc4)C[C@@H]1N(Cc1ccc4c(c1)OCO4)C(=O)C=Cc1ccc([N+](=O)[O-])cc1)[C@H]32. The molecule has 444 valence electrons. The van der Waals surface area contributed by atoms with Gasteiger partial charge in [-0.1, -0.05) is 101 Å². The molecule has 0 radical (unpaired) electrons. The lowest BCUT2D eigenvalue weighted by Gasteiger charge is -2.60. The van der Waals surface area contributed by atoms with Crippen LogP contribution in [0.2, 0.25) is 0 Å². The number of rotatable bonds is 33. The van der Waals surface area contributed by atoms with Gasteiger partial charge in [0.1, 0.15) is 24.1 Å². The van der Waals surface area contributed by atoms with Gasteiger partial charge in [0.15, 0.2) is 11.5 Å². The van der Waals surface area contributed by atoms with Crippen molar-refractivity contribution in [2.75, 3.05) is 33.2 Å². The van der Waals surface area contributed by atoms with Gasteiger partial charge in [-0.25, -0.2) is 4.79 Å². The molecule has 1 fully saturated rings. The van der Waals surface area contributed by atoms with E-state index in [1.165, 1.54) is 75.3 Å². The second-order valence-electron chi connectivity index (χ2n) is 21.8. The van der Waals surface area contributed by atoms with Gasteiger partial charge in [0, 0.05) is 74.5 Å². The Morgan fingerprint density at radius 3 is 2.13 bits per heavy atom. The summed E-state index contributed by atoms with van der Waals surface area (Å²) in [5.74, 6) is -1.77. The molecule has 2 aliphatic heterocycles. The molecule has 2 amide bonds. The summed E-state index contributed by atoms with van der Waals surface area (Å²) >= 11 is 0. The average Bonchev–Trinajstić information content (AvgIpc) is 1.26. The number of ether oxygens (including phenoxy) is 5. The lowest BCUT2D eigenvalue weighted by atomic mass is 9.55. The van der Waals surface area contributed by atoms with Crippen molar-refractivity contribution >= 4 is 35.2 Å². The molecule has 0 spiro atoms. The molecule has 1 saturated carbocycles. The maximum Gasteiger partial charge on any atom is 0.412 e. The summed E-state index contributed by atoms with van der Waals surface area (Å²) in [6, 6.07) is 21.7. The molecule has 6 atom stereocenters. The highest BCUT2D eigenvalue weighted by Gasteiger charge is 2.65. The fourth-order valence-corrected chi connectivity index (χ4v) is 12.1. The molecule has 0 aromatic heterocycles. The number of carbonyl (C=O) groups excluding carboxylic acids is 2. The molecule has 19 nitrogen and oxygen atoms in total. The smallest absolute Gasteiger partial charge is 0.412 e. The quantitative estimate of drug-likeness (QED) is 0.0132. The molecule has 83 heavy (non-hydrogen) atoms. The summed E-state index contributed by atoms with van der Waals surface area (Å²) in [4.78, 5) is 59.1. The van der Waals surface area contributed by atoms with Crippen LogP contribution < -0.4 is 24.3 Å². The summed E-state index contributed by atoms with van der Waals surface area (Å²) in [6.45, 7) is 6.73. The third-order valence-electron chi connectivity index (χ3n) is 16.2. The molecule has 2 heterocycles. The van der Waals surface area contributed by atoms with Gasteiger partial charge in [0.05, 0.1) is 28.1 Å². The number of carbonyl (C=O) groups is 2.